The number of isocyanates is 1. The fraction of sp³-hybridized carbons (Fsp3) is 0.250. The zero-order valence-electron chi connectivity index (χ0n) is 6.49. The number of hydrogen-bond acceptors (Lipinski definition) is 3. The molecule has 0 aliphatic heterocycles. The molecule has 1 aromatic rings. The van der Waals surface area contributed by atoms with Crippen molar-refractivity contribution in [3.8, 4) is 0 Å². The number of rotatable bonds is 2. The normalized spacial score (nSPS) is 11.8. The number of nitrogens with zero attached hydrogens (tertiary/aromatic N) is 2. The van der Waals surface area contributed by atoms with Gasteiger partial charge in [-0.2, -0.15) is 4.99 Å². The minimum absolute atomic E-state index is 0.164. The lowest BCUT2D eigenvalue weighted by Crippen LogP contribution is -1.89. The first-order valence-electron chi connectivity index (χ1n) is 3.42. The van der Waals surface area contributed by atoms with Gasteiger partial charge < -0.3 is 0 Å². The summed E-state index contributed by atoms with van der Waals surface area (Å²) in [5.74, 6) is 0. The minimum atomic E-state index is -0.164. The molecule has 0 aromatic carbocycles. The van der Waals surface area contributed by atoms with Crippen LogP contribution in [-0.2, 0) is 4.79 Å². The molecule has 62 valence electrons. The molecule has 1 rings (SSSR count). The Morgan fingerprint density at radius 1 is 1.67 bits per heavy atom. The van der Waals surface area contributed by atoms with E-state index >= 15 is 0 Å². The Kier molecular flexibility index (Phi) is 3.14. The van der Waals surface area contributed by atoms with Gasteiger partial charge in [0.2, 0.25) is 6.08 Å². The van der Waals surface area contributed by atoms with Crippen molar-refractivity contribution in [1.29, 1.82) is 0 Å². The molecule has 1 atom stereocenters. The standard InChI is InChI=1S/C8H7BrN2O/c1-6(11-5-12)7-2-3-8(9)10-4-7/h2-4,6H,1H3. The van der Waals surface area contributed by atoms with Gasteiger partial charge in [-0.05, 0) is 34.5 Å². The van der Waals surface area contributed by atoms with E-state index in [9.17, 15) is 4.79 Å². The van der Waals surface area contributed by atoms with Gasteiger partial charge in [0.15, 0.2) is 0 Å². The highest BCUT2D eigenvalue weighted by molar-refractivity contribution is 9.10. The molecule has 12 heavy (non-hydrogen) atoms. The highest BCUT2D eigenvalue weighted by Crippen LogP contribution is 2.16. The van der Waals surface area contributed by atoms with Crippen molar-refractivity contribution in [2.75, 3.05) is 0 Å². The van der Waals surface area contributed by atoms with Gasteiger partial charge in [-0.3, -0.25) is 0 Å². The molecule has 4 heteroatoms. The van der Waals surface area contributed by atoms with Crippen LogP contribution in [0.2, 0.25) is 0 Å². The van der Waals surface area contributed by atoms with Crippen LogP contribution in [0.25, 0.3) is 0 Å². The van der Waals surface area contributed by atoms with Crippen molar-refractivity contribution in [3.63, 3.8) is 0 Å². The summed E-state index contributed by atoms with van der Waals surface area (Å²) in [4.78, 5) is 17.5. The van der Waals surface area contributed by atoms with Crippen LogP contribution in [0.1, 0.15) is 18.5 Å². The summed E-state index contributed by atoms with van der Waals surface area (Å²) in [6.45, 7) is 1.82. The zero-order chi connectivity index (χ0) is 8.97. The number of aliphatic imine (C=N–C) groups is 1. The topological polar surface area (TPSA) is 42.3 Å². The van der Waals surface area contributed by atoms with Crippen molar-refractivity contribution >= 4 is 22.0 Å². The lowest BCUT2D eigenvalue weighted by molar-refractivity contribution is 0.559. The van der Waals surface area contributed by atoms with E-state index in [2.05, 4.69) is 25.9 Å². The summed E-state index contributed by atoms with van der Waals surface area (Å²) in [5.41, 5.74) is 0.904. The summed E-state index contributed by atoms with van der Waals surface area (Å²) in [7, 11) is 0. The van der Waals surface area contributed by atoms with Crippen LogP contribution < -0.4 is 0 Å². The molecule has 0 spiro atoms. The highest BCUT2D eigenvalue weighted by atomic mass is 79.9. The molecule has 0 fully saturated rings. The lowest BCUT2D eigenvalue weighted by atomic mass is 10.2. The summed E-state index contributed by atoms with van der Waals surface area (Å²) >= 11 is 3.21. The second kappa shape index (κ2) is 4.14. The molecule has 0 bridgehead atoms. The number of halogens is 1. The van der Waals surface area contributed by atoms with E-state index < -0.39 is 0 Å². The van der Waals surface area contributed by atoms with Gasteiger partial charge in [-0.25, -0.2) is 9.78 Å². The van der Waals surface area contributed by atoms with Crippen LogP contribution >= 0.6 is 15.9 Å². The van der Waals surface area contributed by atoms with Gasteiger partial charge in [0.1, 0.15) is 4.60 Å². The van der Waals surface area contributed by atoms with Gasteiger partial charge in [0.25, 0.3) is 0 Å². The molecule has 1 aromatic heterocycles. The largest absolute Gasteiger partial charge is 0.249 e. The Hall–Kier alpha value is -0.990. The van der Waals surface area contributed by atoms with E-state index in [4.69, 9.17) is 0 Å². The first kappa shape index (κ1) is 9.10. The maximum atomic E-state index is 9.93. The van der Waals surface area contributed by atoms with Crippen LogP contribution in [0, 0.1) is 0 Å². The van der Waals surface area contributed by atoms with E-state index in [0.29, 0.717) is 0 Å². The van der Waals surface area contributed by atoms with Crippen LogP contribution in [0.3, 0.4) is 0 Å². The van der Waals surface area contributed by atoms with Gasteiger partial charge >= 0.3 is 0 Å². The third-order valence-electron chi connectivity index (χ3n) is 1.48. The Bertz CT molecular complexity index is 303. The number of pyridine rings is 1. The van der Waals surface area contributed by atoms with Crippen molar-refractivity contribution in [3.05, 3.63) is 28.5 Å². The molecule has 0 radical (unpaired) electrons. The van der Waals surface area contributed by atoms with Gasteiger partial charge in [0, 0.05) is 6.20 Å². The van der Waals surface area contributed by atoms with Crippen molar-refractivity contribution in [2.45, 2.75) is 13.0 Å². The van der Waals surface area contributed by atoms with Crippen LogP contribution in [-0.4, -0.2) is 11.1 Å². The molecule has 0 saturated heterocycles. The lowest BCUT2D eigenvalue weighted by Gasteiger charge is -2.02. The highest BCUT2D eigenvalue weighted by Gasteiger charge is 2.02. The maximum Gasteiger partial charge on any atom is 0.235 e. The van der Waals surface area contributed by atoms with Crippen molar-refractivity contribution in [1.82, 2.24) is 4.98 Å². The molecule has 0 saturated carbocycles. The molecule has 0 aliphatic carbocycles. The number of aromatic nitrogens is 1. The fourth-order valence-electron chi connectivity index (χ4n) is 0.788. The average Bonchev–Trinajstić information content (AvgIpc) is 2.06. The monoisotopic (exact) mass is 226 g/mol. The van der Waals surface area contributed by atoms with Crippen molar-refractivity contribution < 1.29 is 4.79 Å². The molecule has 0 aliphatic rings. The van der Waals surface area contributed by atoms with Crippen LogP contribution in [0.5, 0.6) is 0 Å². The Morgan fingerprint density at radius 3 is 2.92 bits per heavy atom. The average molecular weight is 227 g/mol. The van der Waals surface area contributed by atoms with E-state index in [1.54, 1.807) is 6.20 Å². The van der Waals surface area contributed by atoms with Crippen LogP contribution in [0.15, 0.2) is 27.9 Å². The third kappa shape index (κ3) is 2.26. The summed E-state index contributed by atoms with van der Waals surface area (Å²) < 4.78 is 0.772. The molecule has 1 heterocycles. The van der Waals surface area contributed by atoms with Gasteiger partial charge in [-0.1, -0.05) is 6.07 Å². The Morgan fingerprint density at radius 2 is 2.42 bits per heavy atom. The summed E-state index contributed by atoms with van der Waals surface area (Å²) in [6.07, 6.45) is 3.19. The number of carbonyl (C=O) groups excluding carboxylic acids is 1. The van der Waals surface area contributed by atoms with Crippen LogP contribution in [0.4, 0.5) is 0 Å². The Labute approximate surface area is 78.7 Å². The molecule has 3 nitrogen and oxygen atoms in total. The summed E-state index contributed by atoms with van der Waals surface area (Å²) in [5, 5.41) is 0. The minimum Gasteiger partial charge on any atom is -0.249 e. The second-order valence-corrected chi connectivity index (χ2v) is 3.12. The molecule has 0 N–H and O–H groups in total. The van der Waals surface area contributed by atoms with E-state index in [1.165, 1.54) is 6.08 Å². The van der Waals surface area contributed by atoms with E-state index in [-0.39, 0.29) is 6.04 Å². The van der Waals surface area contributed by atoms with E-state index in [1.807, 2.05) is 19.1 Å². The first-order chi connectivity index (χ1) is 5.74. The third-order valence-corrected chi connectivity index (χ3v) is 1.95. The van der Waals surface area contributed by atoms with Crippen molar-refractivity contribution in [2.24, 2.45) is 4.99 Å². The fourth-order valence-corrected chi connectivity index (χ4v) is 1.02. The molecule has 1 unspecified atom stereocenters. The summed E-state index contributed by atoms with van der Waals surface area (Å²) in [6, 6.07) is 3.51. The predicted molar refractivity (Wildman–Crippen MR) is 48.5 cm³/mol. The number of hydrogen-bond donors (Lipinski definition) is 0. The second-order valence-electron chi connectivity index (χ2n) is 2.31. The smallest absolute Gasteiger partial charge is 0.235 e. The predicted octanol–water partition coefficient (Wildman–Crippen LogP) is 2.24. The molecular weight excluding hydrogens is 220 g/mol. The van der Waals surface area contributed by atoms with Gasteiger partial charge in [-0.15, -0.1) is 0 Å². The molecule has 0 amide bonds. The first-order valence-corrected chi connectivity index (χ1v) is 4.22. The Balaban J connectivity index is 2.89. The van der Waals surface area contributed by atoms with E-state index in [0.717, 1.165) is 10.2 Å². The zero-order valence-corrected chi connectivity index (χ0v) is 8.08. The SMILES string of the molecule is CC(N=C=O)c1ccc(Br)nc1. The quantitative estimate of drug-likeness (QED) is 0.441. The maximum absolute atomic E-state index is 9.93. The molecular formula is C8H7BrN2O. The van der Waals surface area contributed by atoms with Gasteiger partial charge in [0.05, 0.1) is 6.04 Å².